The standard InChI is InChI=1S/C10H14N4/c11-4-8-1-2-10(3-8)14-7-9(5-12)6-13-14/h6-8,10H,1-4,11H2. The second-order valence-electron chi connectivity index (χ2n) is 3.89. The monoisotopic (exact) mass is 190 g/mol. The highest BCUT2D eigenvalue weighted by molar-refractivity contribution is 5.21. The van der Waals surface area contributed by atoms with E-state index < -0.39 is 0 Å². The Morgan fingerprint density at radius 3 is 3.07 bits per heavy atom. The normalized spacial score (nSPS) is 26.3. The van der Waals surface area contributed by atoms with E-state index in [1.807, 2.05) is 10.9 Å². The molecular formula is C10H14N4. The van der Waals surface area contributed by atoms with E-state index in [1.165, 1.54) is 6.42 Å². The van der Waals surface area contributed by atoms with E-state index in [-0.39, 0.29) is 0 Å². The van der Waals surface area contributed by atoms with Crippen LogP contribution < -0.4 is 5.73 Å². The highest BCUT2D eigenvalue weighted by Gasteiger charge is 2.25. The molecule has 2 N–H and O–H groups in total. The van der Waals surface area contributed by atoms with Crippen LogP contribution in [0.3, 0.4) is 0 Å². The molecule has 1 fully saturated rings. The SMILES string of the molecule is N#Cc1cnn(C2CCC(CN)C2)c1. The van der Waals surface area contributed by atoms with Gasteiger partial charge in [0, 0.05) is 6.20 Å². The Morgan fingerprint density at radius 2 is 2.50 bits per heavy atom. The topological polar surface area (TPSA) is 67.6 Å². The molecule has 0 amide bonds. The fourth-order valence-corrected chi connectivity index (χ4v) is 2.10. The van der Waals surface area contributed by atoms with Crippen LogP contribution in [-0.2, 0) is 0 Å². The van der Waals surface area contributed by atoms with Gasteiger partial charge in [-0.1, -0.05) is 0 Å². The first kappa shape index (κ1) is 9.22. The first-order valence-corrected chi connectivity index (χ1v) is 4.98. The lowest BCUT2D eigenvalue weighted by atomic mass is 10.1. The van der Waals surface area contributed by atoms with E-state index in [9.17, 15) is 0 Å². The molecular weight excluding hydrogens is 176 g/mol. The van der Waals surface area contributed by atoms with Gasteiger partial charge in [0.05, 0.1) is 17.8 Å². The molecule has 4 heteroatoms. The van der Waals surface area contributed by atoms with Crippen LogP contribution in [0.15, 0.2) is 12.4 Å². The number of aromatic nitrogens is 2. The summed E-state index contributed by atoms with van der Waals surface area (Å²) >= 11 is 0. The molecule has 1 aliphatic rings. The van der Waals surface area contributed by atoms with Crippen molar-refractivity contribution in [2.24, 2.45) is 11.7 Å². The molecule has 2 atom stereocenters. The van der Waals surface area contributed by atoms with Crippen molar-refractivity contribution >= 4 is 0 Å². The maximum atomic E-state index is 8.67. The van der Waals surface area contributed by atoms with Gasteiger partial charge in [-0.15, -0.1) is 0 Å². The number of hydrogen-bond acceptors (Lipinski definition) is 3. The molecule has 2 unspecified atom stereocenters. The fourth-order valence-electron chi connectivity index (χ4n) is 2.10. The van der Waals surface area contributed by atoms with Crippen LogP contribution in [0.2, 0.25) is 0 Å². The van der Waals surface area contributed by atoms with Crippen molar-refractivity contribution in [2.45, 2.75) is 25.3 Å². The van der Waals surface area contributed by atoms with Gasteiger partial charge in [0.2, 0.25) is 0 Å². The summed E-state index contributed by atoms with van der Waals surface area (Å²) in [6.07, 6.45) is 6.86. The summed E-state index contributed by atoms with van der Waals surface area (Å²) in [6.45, 7) is 0.767. The molecule has 1 aromatic rings. The lowest BCUT2D eigenvalue weighted by molar-refractivity contribution is 0.443. The summed E-state index contributed by atoms with van der Waals surface area (Å²) < 4.78 is 1.91. The van der Waals surface area contributed by atoms with Crippen LogP contribution in [0.1, 0.15) is 30.9 Å². The number of hydrogen-bond donors (Lipinski definition) is 1. The molecule has 0 aliphatic heterocycles. The Morgan fingerprint density at radius 1 is 1.64 bits per heavy atom. The first-order chi connectivity index (χ1) is 6.83. The van der Waals surface area contributed by atoms with Gasteiger partial charge in [0.15, 0.2) is 0 Å². The number of nitrogens with two attached hydrogens (primary N) is 1. The van der Waals surface area contributed by atoms with E-state index in [1.54, 1.807) is 6.20 Å². The first-order valence-electron chi connectivity index (χ1n) is 4.98. The molecule has 0 saturated heterocycles. The van der Waals surface area contributed by atoms with Gasteiger partial charge in [-0.3, -0.25) is 4.68 Å². The molecule has 14 heavy (non-hydrogen) atoms. The minimum absolute atomic E-state index is 0.450. The van der Waals surface area contributed by atoms with Crippen molar-refractivity contribution in [3.63, 3.8) is 0 Å². The van der Waals surface area contributed by atoms with E-state index >= 15 is 0 Å². The van der Waals surface area contributed by atoms with Gasteiger partial charge in [-0.25, -0.2) is 0 Å². The summed E-state index contributed by atoms with van der Waals surface area (Å²) in [5.74, 6) is 0.634. The molecule has 1 saturated carbocycles. The van der Waals surface area contributed by atoms with Crippen molar-refractivity contribution in [3.8, 4) is 6.07 Å². The summed E-state index contributed by atoms with van der Waals surface area (Å²) in [6, 6.07) is 2.54. The molecule has 0 bridgehead atoms. The lowest BCUT2D eigenvalue weighted by Crippen LogP contribution is -2.12. The third kappa shape index (κ3) is 1.64. The van der Waals surface area contributed by atoms with Crippen LogP contribution in [0.4, 0.5) is 0 Å². The predicted octanol–water partition coefficient (Wildman–Crippen LogP) is 1.05. The molecule has 1 heterocycles. The van der Waals surface area contributed by atoms with Gasteiger partial charge in [0.25, 0.3) is 0 Å². The predicted molar refractivity (Wildman–Crippen MR) is 52.4 cm³/mol. The molecule has 1 aromatic heterocycles. The minimum atomic E-state index is 0.450. The average molecular weight is 190 g/mol. The van der Waals surface area contributed by atoms with E-state index in [4.69, 9.17) is 11.0 Å². The summed E-state index contributed by atoms with van der Waals surface area (Å²) in [7, 11) is 0. The molecule has 1 aliphatic carbocycles. The Bertz CT molecular complexity index is 349. The molecule has 0 spiro atoms. The van der Waals surface area contributed by atoms with Crippen LogP contribution in [0.25, 0.3) is 0 Å². The average Bonchev–Trinajstić information content (AvgIpc) is 2.86. The smallest absolute Gasteiger partial charge is 0.102 e. The second kappa shape index (κ2) is 3.81. The maximum absolute atomic E-state index is 8.67. The zero-order valence-electron chi connectivity index (χ0n) is 8.06. The van der Waals surface area contributed by atoms with Crippen molar-refractivity contribution in [3.05, 3.63) is 18.0 Å². The fraction of sp³-hybridized carbons (Fsp3) is 0.600. The van der Waals surface area contributed by atoms with Crippen LogP contribution in [0.5, 0.6) is 0 Å². The van der Waals surface area contributed by atoms with E-state index in [0.29, 0.717) is 17.5 Å². The third-order valence-corrected chi connectivity index (χ3v) is 2.95. The van der Waals surface area contributed by atoms with Crippen molar-refractivity contribution in [1.82, 2.24) is 9.78 Å². The molecule has 0 radical (unpaired) electrons. The molecule has 2 rings (SSSR count). The lowest BCUT2D eigenvalue weighted by Gasteiger charge is -2.10. The van der Waals surface area contributed by atoms with Crippen LogP contribution >= 0.6 is 0 Å². The Balaban J connectivity index is 2.06. The zero-order chi connectivity index (χ0) is 9.97. The van der Waals surface area contributed by atoms with E-state index in [2.05, 4.69) is 11.2 Å². The third-order valence-electron chi connectivity index (χ3n) is 2.95. The van der Waals surface area contributed by atoms with E-state index in [0.717, 1.165) is 19.4 Å². The Kier molecular flexibility index (Phi) is 2.51. The second-order valence-corrected chi connectivity index (χ2v) is 3.89. The number of nitriles is 1. The van der Waals surface area contributed by atoms with Gasteiger partial charge in [-0.2, -0.15) is 10.4 Å². The van der Waals surface area contributed by atoms with Crippen molar-refractivity contribution in [1.29, 1.82) is 5.26 Å². The van der Waals surface area contributed by atoms with Crippen molar-refractivity contribution < 1.29 is 0 Å². The number of rotatable bonds is 2. The number of nitrogens with zero attached hydrogens (tertiary/aromatic N) is 3. The maximum Gasteiger partial charge on any atom is 0.102 e. The zero-order valence-corrected chi connectivity index (χ0v) is 8.06. The van der Waals surface area contributed by atoms with Gasteiger partial charge >= 0.3 is 0 Å². The van der Waals surface area contributed by atoms with Gasteiger partial charge in [0.1, 0.15) is 6.07 Å². The van der Waals surface area contributed by atoms with Gasteiger partial charge < -0.3 is 5.73 Å². The largest absolute Gasteiger partial charge is 0.330 e. The molecule has 74 valence electrons. The van der Waals surface area contributed by atoms with Crippen molar-refractivity contribution in [2.75, 3.05) is 6.54 Å². The van der Waals surface area contributed by atoms with Gasteiger partial charge in [-0.05, 0) is 31.7 Å². The summed E-state index contributed by atoms with van der Waals surface area (Å²) in [5.41, 5.74) is 6.26. The Labute approximate surface area is 83.3 Å². The highest BCUT2D eigenvalue weighted by atomic mass is 15.3. The quantitative estimate of drug-likeness (QED) is 0.758. The highest BCUT2D eigenvalue weighted by Crippen LogP contribution is 2.33. The molecule has 4 nitrogen and oxygen atoms in total. The van der Waals surface area contributed by atoms with Crippen LogP contribution in [0, 0.1) is 17.2 Å². The minimum Gasteiger partial charge on any atom is -0.330 e. The molecule has 0 aromatic carbocycles. The summed E-state index contributed by atoms with van der Waals surface area (Å²) in [5, 5.41) is 12.9. The summed E-state index contributed by atoms with van der Waals surface area (Å²) in [4.78, 5) is 0. The Hall–Kier alpha value is -1.34. The van der Waals surface area contributed by atoms with Crippen LogP contribution in [-0.4, -0.2) is 16.3 Å².